The van der Waals surface area contributed by atoms with Crippen LogP contribution in [-0.2, 0) is 10.0 Å². The van der Waals surface area contributed by atoms with Crippen molar-refractivity contribution in [1.82, 2.24) is 9.62 Å². The summed E-state index contributed by atoms with van der Waals surface area (Å²) in [7, 11) is -2.39. The molecule has 0 radical (unpaired) electrons. The average Bonchev–Trinajstić information content (AvgIpc) is 2.23. The van der Waals surface area contributed by atoms with E-state index in [9.17, 15) is 21.6 Å². The molecule has 0 aliphatic heterocycles. The fourth-order valence-corrected chi connectivity index (χ4v) is 2.63. The van der Waals surface area contributed by atoms with Crippen molar-refractivity contribution in [1.29, 1.82) is 0 Å². The fraction of sp³-hybridized carbons (Fsp3) is 1.00. The Labute approximate surface area is 113 Å². The molecular formula is C11H23F3N2O2S. The number of halogens is 3. The summed E-state index contributed by atoms with van der Waals surface area (Å²) in [5, 5.41) is 3.15. The van der Waals surface area contributed by atoms with Crippen molar-refractivity contribution in [2.24, 2.45) is 0 Å². The normalized spacial score (nSPS) is 13.5. The van der Waals surface area contributed by atoms with E-state index in [1.54, 1.807) is 0 Å². The quantitative estimate of drug-likeness (QED) is 0.663. The lowest BCUT2D eigenvalue weighted by Crippen LogP contribution is -2.32. The van der Waals surface area contributed by atoms with Crippen LogP contribution in [0.5, 0.6) is 0 Å². The Bertz CT molecular complexity index is 342. The van der Waals surface area contributed by atoms with Gasteiger partial charge in [-0.1, -0.05) is 13.8 Å². The number of rotatable bonds is 9. The highest BCUT2D eigenvalue weighted by atomic mass is 32.2. The Morgan fingerprint density at radius 1 is 1.21 bits per heavy atom. The molecule has 0 atom stereocenters. The number of nitrogens with zero attached hydrogens (tertiary/aromatic N) is 1. The summed E-state index contributed by atoms with van der Waals surface area (Å²) in [6, 6.07) is 0.339. The Morgan fingerprint density at radius 3 is 2.26 bits per heavy atom. The van der Waals surface area contributed by atoms with Crippen molar-refractivity contribution in [2.45, 2.75) is 45.3 Å². The van der Waals surface area contributed by atoms with Crippen molar-refractivity contribution in [3.63, 3.8) is 0 Å². The standard InChI is InChI=1S/C11H23F3N2O2S/c1-10(2)15-7-4-5-9-19(17,18)16(3)8-6-11(12,13)14/h10,15H,4-9H2,1-3H3. The van der Waals surface area contributed by atoms with Gasteiger partial charge in [-0.15, -0.1) is 0 Å². The fourth-order valence-electron chi connectivity index (χ4n) is 1.38. The maximum absolute atomic E-state index is 12.0. The third-order valence-corrected chi connectivity index (χ3v) is 4.50. The molecule has 0 spiro atoms. The first-order chi connectivity index (χ1) is 8.54. The number of hydrogen-bond donors (Lipinski definition) is 1. The second kappa shape index (κ2) is 8.06. The molecule has 0 bridgehead atoms. The minimum Gasteiger partial charge on any atom is -0.315 e. The van der Waals surface area contributed by atoms with E-state index in [0.29, 0.717) is 25.4 Å². The summed E-state index contributed by atoms with van der Waals surface area (Å²) in [6.07, 6.45) is -4.31. The van der Waals surface area contributed by atoms with Gasteiger partial charge in [-0.2, -0.15) is 13.2 Å². The zero-order valence-electron chi connectivity index (χ0n) is 11.6. The van der Waals surface area contributed by atoms with Crippen molar-refractivity contribution < 1.29 is 21.6 Å². The third kappa shape index (κ3) is 10.1. The van der Waals surface area contributed by atoms with Crippen molar-refractivity contribution >= 4 is 10.0 Å². The molecule has 0 fully saturated rings. The summed E-state index contributed by atoms with van der Waals surface area (Å²) >= 11 is 0. The molecule has 0 aromatic rings. The molecule has 0 aromatic heterocycles. The Morgan fingerprint density at radius 2 is 1.79 bits per heavy atom. The van der Waals surface area contributed by atoms with Gasteiger partial charge in [-0.3, -0.25) is 0 Å². The van der Waals surface area contributed by atoms with Crippen molar-refractivity contribution in [2.75, 3.05) is 25.9 Å². The van der Waals surface area contributed by atoms with Crippen LogP contribution in [0.4, 0.5) is 13.2 Å². The van der Waals surface area contributed by atoms with Gasteiger partial charge in [0.05, 0.1) is 12.2 Å². The van der Waals surface area contributed by atoms with Gasteiger partial charge in [-0.25, -0.2) is 12.7 Å². The molecule has 1 N–H and O–H groups in total. The lowest BCUT2D eigenvalue weighted by molar-refractivity contribution is -0.135. The van der Waals surface area contributed by atoms with E-state index in [2.05, 4.69) is 5.32 Å². The van der Waals surface area contributed by atoms with Crippen LogP contribution in [-0.4, -0.2) is 50.8 Å². The average molecular weight is 304 g/mol. The van der Waals surface area contributed by atoms with E-state index in [1.807, 2.05) is 13.8 Å². The zero-order valence-corrected chi connectivity index (χ0v) is 12.4. The van der Waals surface area contributed by atoms with E-state index in [1.165, 1.54) is 7.05 Å². The molecule has 8 heteroatoms. The Kier molecular flexibility index (Phi) is 7.92. The smallest absolute Gasteiger partial charge is 0.315 e. The molecule has 0 aromatic carbocycles. The highest BCUT2D eigenvalue weighted by Crippen LogP contribution is 2.20. The predicted octanol–water partition coefficient (Wildman–Crippen LogP) is 1.98. The third-order valence-electron chi connectivity index (χ3n) is 2.57. The van der Waals surface area contributed by atoms with Gasteiger partial charge in [-0.05, 0) is 19.4 Å². The molecule has 116 valence electrons. The lowest BCUT2D eigenvalue weighted by Gasteiger charge is -2.18. The van der Waals surface area contributed by atoms with Crippen molar-refractivity contribution in [3.8, 4) is 0 Å². The molecule has 0 heterocycles. The molecule has 0 rings (SSSR count). The van der Waals surface area contributed by atoms with E-state index < -0.39 is 29.2 Å². The molecule has 0 saturated carbocycles. The van der Waals surface area contributed by atoms with Gasteiger partial charge in [0.15, 0.2) is 0 Å². The van der Waals surface area contributed by atoms with Crippen LogP contribution in [0, 0.1) is 0 Å². The first-order valence-electron chi connectivity index (χ1n) is 6.29. The summed E-state index contributed by atoms with van der Waals surface area (Å²) < 4.78 is 60.2. The minimum absolute atomic E-state index is 0.110. The number of sulfonamides is 1. The van der Waals surface area contributed by atoms with Gasteiger partial charge < -0.3 is 5.32 Å². The van der Waals surface area contributed by atoms with Gasteiger partial charge in [0.1, 0.15) is 0 Å². The van der Waals surface area contributed by atoms with Gasteiger partial charge in [0.25, 0.3) is 0 Å². The topological polar surface area (TPSA) is 49.4 Å². The molecule has 0 unspecified atom stereocenters. The predicted molar refractivity (Wildman–Crippen MR) is 69.5 cm³/mol. The highest BCUT2D eigenvalue weighted by molar-refractivity contribution is 7.89. The summed E-state index contributed by atoms with van der Waals surface area (Å²) in [4.78, 5) is 0. The number of nitrogens with one attached hydrogen (secondary N) is 1. The SMILES string of the molecule is CC(C)NCCCCS(=O)(=O)N(C)CCC(F)(F)F. The van der Waals surface area contributed by atoms with Crippen LogP contribution in [0.25, 0.3) is 0 Å². The molecule has 0 saturated heterocycles. The molecule has 0 amide bonds. The van der Waals surface area contributed by atoms with Crippen LogP contribution >= 0.6 is 0 Å². The second-order valence-electron chi connectivity index (χ2n) is 4.82. The minimum atomic E-state index is -4.33. The van der Waals surface area contributed by atoms with Gasteiger partial charge >= 0.3 is 6.18 Å². The molecule has 19 heavy (non-hydrogen) atoms. The van der Waals surface area contributed by atoms with Crippen LogP contribution in [0.2, 0.25) is 0 Å². The lowest BCUT2D eigenvalue weighted by atomic mass is 10.3. The van der Waals surface area contributed by atoms with Crippen molar-refractivity contribution in [3.05, 3.63) is 0 Å². The van der Waals surface area contributed by atoms with Crippen LogP contribution in [0.1, 0.15) is 33.1 Å². The molecular weight excluding hydrogens is 281 g/mol. The summed E-state index contributed by atoms with van der Waals surface area (Å²) in [5.74, 6) is -0.110. The van der Waals surface area contributed by atoms with E-state index in [0.717, 1.165) is 4.31 Å². The summed E-state index contributed by atoms with van der Waals surface area (Å²) in [5.41, 5.74) is 0. The zero-order chi connectivity index (χ0) is 15.1. The number of unbranched alkanes of at least 4 members (excludes halogenated alkanes) is 1. The number of hydrogen-bond acceptors (Lipinski definition) is 3. The number of alkyl halides is 3. The van der Waals surface area contributed by atoms with E-state index in [-0.39, 0.29) is 5.75 Å². The van der Waals surface area contributed by atoms with Crippen LogP contribution < -0.4 is 5.32 Å². The summed E-state index contributed by atoms with van der Waals surface area (Å²) in [6.45, 7) is 4.17. The maximum Gasteiger partial charge on any atom is 0.390 e. The van der Waals surface area contributed by atoms with Gasteiger partial charge in [0, 0.05) is 19.6 Å². The largest absolute Gasteiger partial charge is 0.390 e. The first kappa shape index (κ1) is 18.7. The van der Waals surface area contributed by atoms with Gasteiger partial charge in [0.2, 0.25) is 10.0 Å². The molecule has 4 nitrogen and oxygen atoms in total. The first-order valence-corrected chi connectivity index (χ1v) is 7.89. The maximum atomic E-state index is 12.0. The Balaban J connectivity index is 3.96. The molecule has 0 aliphatic rings. The highest BCUT2D eigenvalue weighted by Gasteiger charge is 2.29. The van der Waals surface area contributed by atoms with Crippen LogP contribution in [0.15, 0.2) is 0 Å². The van der Waals surface area contributed by atoms with E-state index >= 15 is 0 Å². The van der Waals surface area contributed by atoms with E-state index in [4.69, 9.17) is 0 Å². The second-order valence-corrected chi connectivity index (χ2v) is 7.01. The molecule has 0 aliphatic carbocycles. The Hall–Kier alpha value is -0.340. The monoisotopic (exact) mass is 304 g/mol. The van der Waals surface area contributed by atoms with Crippen LogP contribution in [0.3, 0.4) is 0 Å².